The second kappa shape index (κ2) is 4.89. The number of sulfone groups is 1. The molecule has 102 valence electrons. The molecular formula is C11H13F3O3S. The Morgan fingerprint density at radius 3 is 1.94 bits per heavy atom. The number of halogens is 3. The lowest BCUT2D eigenvalue weighted by Gasteiger charge is -2.18. The van der Waals surface area contributed by atoms with Crippen molar-refractivity contribution in [2.24, 2.45) is 0 Å². The van der Waals surface area contributed by atoms with Crippen molar-refractivity contribution in [3.05, 3.63) is 35.4 Å². The van der Waals surface area contributed by atoms with Gasteiger partial charge in [0.15, 0.2) is 9.84 Å². The minimum atomic E-state index is -4.45. The fourth-order valence-corrected chi connectivity index (χ4v) is 2.00. The van der Waals surface area contributed by atoms with Crippen LogP contribution in [0.4, 0.5) is 13.2 Å². The van der Waals surface area contributed by atoms with Crippen molar-refractivity contribution in [3.63, 3.8) is 0 Å². The molecule has 3 nitrogen and oxygen atoms in total. The summed E-state index contributed by atoms with van der Waals surface area (Å²) in [6.45, 7) is 1.30. The van der Waals surface area contributed by atoms with E-state index in [9.17, 15) is 26.7 Å². The Hall–Kier alpha value is -1.08. The number of aliphatic hydroxyl groups excluding tert-OH is 1. The van der Waals surface area contributed by atoms with Gasteiger partial charge in [-0.1, -0.05) is 12.1 Å². The third kappa shape index (κ3) is 3.46. The average Bonchev–Trinajstić information content (AvgIpc) is 2.25. The van der Waals surface area contributed by atoms with Gasteiger partial charge in [0.2, 0.25) is 0 Å². The van der Waals surface area contributed by atoms with Crippen LogP contribution in [0.15, 0.2) is 24.3 Å². The number of hydrogen-bond donors (Lipinski definition) is 1. The molecule has 7 heteroatoms. The number of rotatable bonds is 3. The summed E-state index contributed by atoms with van der Waals surface area (Å²) >= 11 is 0. The first-order valence-electron chi connectivity index (χ1n) is 5.07. The van der Waals surface area contributed by atoms with E-state index in [0.29, 0.717) is 0 Å². The fourth-order valence-electron chi connectivity index (χ4n) is 1.37. The van der Waals surface area contributed by atoms with Crippen LogP contribution in [-0.2, 0) is 16.0 Å². The molecule has 0 fully saturated rings. The first-order chi connectivity index (χ1) is 8.03. The van der Waals surface area contributed by atoms with Crippen LogP contribution in [0.3, 0.4) is 0 Å². The van der Waals surface area contributed by atoms with Crippen LogP contribution in [-0.4, -0.2) is 25.0 Å². The van der Waals surface area contributed by atoms with E-state index in [4.69, 9.17) is 0 Å². The van der Waals surface area contributed by atoms with Gasteiger partial charge in [0, 0.05) is 6.26 Å². The maximum atomic E-state index is 12.3. The maximum Gasteiger partial charge on any atom is 0.416 e. The van der Waals surface area contributed by atoms with Crippen LogP contribution in [0.5, 0.6) is 0 Å². The summed E-state index contributed by atoms with van der Waals surface area (Å²) in [6, 6.07) is 3.78. The zero-order chi connectivity index (χ0) is 14.1. The first-order valence-corrected chi connectivity index (χ1v) is 7.03. The van der Waals surface area contributed by atoms with Crippen molar-refractivity contribution >= 4 is 9.84 Å². The number of aliphatic hydroxyl groups is 1. The molecular weight excluding hydrogens is 269 g/mol. The molecule has 0 bridgehead atoms. The zero-order valence-corrected chi connectivity index (χ0v) is 10.6. The summed E-state index contributed by atoms with van der Waals surface area (Å²) < 4.78 is 59.4. The molecule has 2 unspecified atom stereocenters. The van der Waals surface area contributed by atoms with E-state index in [-0.39, 0.29) is 5.56 Å². The molecule has 1 rings (SSSR count). The van der Waals surface area contributed by atoms with Crippen molar-refractivity contribution in [3.8, 4) is 0 Å². The van der Waals surface area contributed by atoms with Crippen LogP contribution in [0, 0.1) is 0 Å². The number of alkyl halides is 3. The molecule has 1 aromatic carbocycles. The highest BCUT2D eigenvalue weighted by atomic mass is 32.2. The van der Waals surface area contributed by atoms with E-state index in [1.165, 1.54) is 6.92 Å². The SMILES string of the molecule is CC(C(O)c1ccc(C(F)(F)F)cc1)S(C)(=O)=O. The van der Waals surface area contributed by atoms with Gasteiger partial charge in [0.1, 0.15) is 0 Å². The van der Waals surface area contributed by atoms with E-state index in [2.05, 4.69) is 0 Å². The van der Waals surface area contributed by atoms with Crippen LogP contribution >= 0.6 is 0 Å². The normalized spacial score (nSPS) is 16.3. The molecule has 0 radical (unpaired) electrons. The lowest BCUT2D eigenvalue weighted by Crippen LogP contribution is -2.24. The number of benzene rings is 1. The molecule has 1 N–H and O–H groups in total. The highest BCUT2D eigenvalue weighted by molar-refractivity contribution is 7.91. The van der Waals surface area contributed by atoms with Crippen molar-refractivity contribution in [1.82, 2.24) is 0 Å². The third-order valence-electron chi connectivity index (χ3n) is 2.70. The van der Waals surface area contributed by atoms with E-state index in [1.807, 2.05) is 0 Å². The van der Waals surface area contributed by atoms with Crippen molar-refractivity contribution in [1.29, 1.82) is 0 Å². The van der Waals surface area contributed by atoms with Crippen LogP contribution in [0.2, 0.25) is 0 Å². The Kier molecular flexibility index (Phi) is 4.07. The highest BCUT2D eigenvalue weighted by Gasteiger charge is 2.31. The lowest BCUT2D eigenvalue weighted by molar-refractivity contribution is -0.137. The standard InChI is InChI=1S/C11H13F3O3S/c1-7(18(2,16)17)10(15)8-3-5-9(6-4-8)11(12,13)14/h3-7,10,15H,1-2H3. The Bertz CT molecular complexity index is 505. The molecule has 0 aliphatic rings. The lowest BCUT2D eigenvalue weighted by atomic mass is 10.0. The summed E-state index contributed by atoms with van der Waals surface area (Å²) in [5, 5.41) is 8.68. The zero-order valence-electron chi connectivity index (χ0n) is 9.77. The second-order valence-electron chi connectivity index (χ2n) is 4.10. The van der Waals surface area contributed by atoms with Crippen molar-refractivity contribution in [2.75, 3.05) is 6.26 Å². The van der Waals surface area contributed by atoms with Crippen LogP contribution in [0.1, 0.15) is 24.2 Å². The molecule has 0 aliphatic carbocycles. The Labute approximate surface area is 103 Å². The molecule has 0 amide bonds. The minimum Gasteiger partial charge on any atom is -0.387 e. The van der Waals surface area contributed by atoms with Crippen molar-refractivity contribution < 1.29 is 26.7 Å². The molecule has 0 saturated carbocycles. The van der Waals surface area contributed by atoms with Gasteiger partial charge in [-0.25, -0.2) is 8.42 Å². The van der Waals surface area contributed by atoms with Gasteiger partial charge >= 0.3 is 6.18 Å². The van der Waals surface area contributed by atoms with Crippen molar-refractivity contribution in [2.45, 2.75) is 24.5 Å². The predicted molar refractivity (Wildman–Crippen MR) is 60.7 cm³/mol. The van der Waals surface area contributed by atoms with Gasteiger partial charge in [-0.15, -0.1) is 0 Å². The van der Waals surface area contributed by atoms with Crippen LogP contribution < -0.4 is 0 Å². The van der Waals surface area contributed by atoms with Gasteiger partial charge in [-0.2, -0.15) is 13.2 Å². The Morgan fingerprint density at radius 2 is 1.61 bits per heavy atom. The monoisotopic (exact) mass is 282 g/mol. The highest BCUT2D eigenvalue weighted by Crippen LogP contribution is 2.30. The summed E-state index contributed by atoms with van der Waals surface area (Å²) in [7, 11) is -3.46. The number of hydrogen-bond acceptors (Lipinski definition) is 3. The van der Waals surface area contributed by atoms with Gasteiger partial charge < -0.3 is 5.11 Å². The molecule has 18 heavy (non-hydrogen) atoms. The summed E-state index contributed by atoms with van der Waals surface area (Å²) in [5.41, 5.74) is -0.702. The second-order valence-corrected chi connectivity index (χ2v) is 6.50. The molecule has 0 spiro atoms. The largest absolute Gasteiger partial charge is 0.416 e. The topological polar surface area (TPSA) is 54.4 Å². The maximum absolute atomic E-state index is 12.3. The van der Waals surface area contributed by atoms with Gasteiger partial charge in [0.25, 0.3) is 0 Å². The Balaban J connectivity index is 3.00. The summed E-state index contributed by atoms with van der Waals surface area (Å²) in [5.74, 6) is 0. The van der Waals surface area contributed by atoms with Crippen LogP contribution in [0.25, 0.3) is 0 Å². The predicted octanol–water partition coefficient (Wildman–Crippen LogP) is 2.17. The van der Waals surface area contributed by atoms with Gasteiger partial charge in [-0.3, -0.25) is 0 Å². The first kappa shape index (κ1) is 15.0. The molecule has 2 atom stereocenters. The van der Waals surface area contributed by atoms with Gasteiger partial charge in [-0.05, 0) is 24.6 Å². The minimum absolute atomic E-state index is 0.140. The Morgan fingerprint density at radius 1 is 1.17 bits per heavy atom. The van der Waals surface area contributed by atoms with E-state index in [1.54, 1.807) is 0 Å². The quantitative estimate of drug-likeness (QED) is 0.924. The third-order valence-corrected chi connectivity index (χ3v) is 4.31. The van der Waals surface area contributed by atoms with E-state index in [0.717, 1.165) is 30.5 Å². The fraction of sp³-hybridized carbons (Fsp3) is 0.455. The van der Waals surface area contributed by atoms with E-state index >= 15 is 0 Å². The average molecular weight is 282 g/mol. The molecule has 0 aromatic heterocycles. The smallest absolute Gasteiger partial charge is 0.387 e. The molecule has 0 aliphatic heterocycles. The summed E-state index contributed by atoms with van der Waals surface area (Å²) in [6.07, 6.45) is -4.83. The summed E-state index contributed by atoms with van der Waals surface area (Å²) in [4.78, 5) is 0. The molecule has 1 aromatic rings. The molecule has 0 saturated heterocycles. The van der Waals surface area contributed by atoms with E-state index < -0.39 is 32.9 Å². The van der Waals surface area contributed by atoms with Gasteiger partial charge in [0.05, 0.1) is 16.9 Å². The molecule has 0 heterocycles.